The molecule has 1 heterocycles. The first kappa shape index (κ1) is 19.2. The van der Waals surface area contributed by atoms with Gasteiger partial charge in [0.15, 0.2) is 0 Å². The van der Waals surface area contributed by atoms with Crippen molar-refractivity contribution in [3.63, 3.8) is 0 Å². The molecule has 0 aromatic carbocycles. The van der Waals surface area contributed by atoms with Crippen molar-refractivity contribution >= 4 is 38.2 Å². The van der Waals surface area contributed by atoms with Crippen molar-refractivity contribution in [2.75, 3.05) is 0 Å². The molecule has 0 radical (unpaired) electrons. The van der Waals surface area contributed by atoms with E-state index in [9.17, 15) is 0 Å². The third-order valence-electron chi connectivity index (χ3n) is 5.29. The Balaban J connectivity index is 3.23. The van der Waals surface area contributed by atoms with Crippen LogP contribution >= 0.6 is 11.8 Å². The Morgan fingerprint density at radius 2 is 1.35 bits per heavy atom. The Morgan fingerprint density at radius 3 is 1.60 bits per heavy atom. The molecule has 3 heteroatoms. The van der Waals surface area contributed by atoms with E-state index in [4.69, 9.17) is 0 Å². The van der Waals surface area contributed by atoms with E-state index in [-0.39, 0.29) is 0 Å². The van der Waals surface area contributed by atoms with Gasteiger partial charge in [-0.3, -0.25) is 0 Å². The quantitative estimate of drug-likeness (QED) is 0.446. The van der Waals surface area contributed by atoms with E-state index in [0.717, 1.165) is 25.8 Å². The normalized spacial score (nSPS) is 24.9. The van der Waals surface area contributed by atoms with Gasteiger partial charge in [0.1, 0.15) is 0 Å². The first-order chi connectivity index (χ1) is 8.95. The first-order valence-electron chi connectivity index (χ1n) is 8.34. The fraction of sp³-hybridized carbons (Fsp3) is 0.882. The molecule has 0 aromatic heterocycles. The molecule has 1 aliphatic rings. The SMILES string of the molecule is CC1C=C([Si](C(C)C)(C(C)C)C(C)C)S[CH]1[Sn]([CH3])([CH3])[CH3]. The van der Waals surface area contributed by atoms with Crippen molar-refractivity contribution in [1.82, 2.24) is 0 Å². The Hall–Kier alpha value is 1.11. The molecule has 0 N–H and O–H groups in total. The maximum absolute atomic E-state index is 2.71. The summed E-state index contributed by atoms with van der Waals surface area (Å²) in [7, 11) is -1.40. The van der Waals surface area contributed by atoms with Crippen molar-refractivity contribution in [3.05, 3.63) is 10.6 Å². The summed E-state index contributed by atoms with van der Waals surface area (Å²) in [6.07, 6.45) is 2.71. The monoisotopic (exact) mass is 420 g/mol. The van der Waals surface area contributed by atoms with Gasteiger partial charge in [-0.2, -0.15) is 0 Å². The number of hydrogen-bond acceptors (Lipinski definition) is 1. The molecule has 0 amide bonds. The Labute approximate surface area is 137 Å². The molecule has 2 atom stereocenters. The summed E-state index contributed by atoms with van der Waals surface area (Å²) in [5.74, 6) is 0.814. The average molecular weight is 419 g/mol. The van der Waals surface area contributed by atoms with Crippen molar-refractivity contribution in [3.8, 4) is 0 Å². The van der Waals surface area contributed by atoms with Crippen LogP contribution in [0.3, 0.4) is 0 Å². The predicted molar refractivity (Wildman–Crippen MR) is 103 cm³/mol. The molecule has 1 aliphatic heterocycles. The molecule has 0 saturated heterocycles. The molecule has 2 unspecified atom stereocenters. The van der Waals surface area contributed by atoms with E-state index in [2.05, 4.69) is 81.1 Å². The van der Waals surface area contributed by atoms with Crippen molar-refractivity contribution in [2.45, 2.75) is 83.2 Å². The second-order valence-electron chi connectivity index (χ2n) is 8.69. The summed E-state index contributed by atoms with van der Waals surface area (Å²) in [5, 5.41) is 0. The fourth-order valence-electron chi connectivity index (χ4n) is 4.67. The minimum atomic E-state index is -1.83. The van der Waals surface area contributed by atoms with E-state index in [1.807, 2.05) is 4.53 Å². The molecule has 0 saturated carbocycles. The van der Waals surface area contributed by atoms with E-state index in [1.165, 1.54) is 0 Å². The minimum absolute atomic E-state index is 0.814. The van der Waals surface area contributed by atoms with Crippen LogP contribution < -0.4 is 0 Å². The van der Waals surface area contributed by atoms with Crippen LogP contribution in [0.1, 0.15) is 48.5 Å². The zero-order valence-electron chi connectivity index (χ0n) is 15.4. The zero-order chi connectivity index (χ0) is 15.9. The van der Waals surface area contributed by atoms with Crippen LogP contribution in [0.4, 0.5) is 0 Å². The van der Waals surface area contributed by atoms with E-state index in [0.29, 0.717) is 0 Å². The molecule has 0 aromatic rings. The standard InChI is InChI=1S/C14H27SSi.3CH3.Sn/c1-10(2)16(11(3)4,12(5)6)14-8-13(7)9-15-14;;;;/h8-13H,1-7H3;3*1H3;. The molecule has 0 fully saturated rings. The van der Waals surface area contributed by atoms with Gasteiger partial charge in [0, 0.05) is 0 Å². The third kappa shape index (κ3) is 3.37. The van der Waals surface area contributed by atoms with Crippen LogP contribution in [-0.2, 0) is 0 Å². The van der Waals surface area contributed by atoms with E-state index < -0.39 is 26.5 Å². The van der Waals surface area contributed by atoms with Crippen molar-refractivity contribution < 1.29 is 0 Å². The zero-order valence-corrected chi connectivity index (χ0v) is 20.0. The summed E-state index contributed by atoms with van der Waals surface area (Å²) >= 11 is 0.499. The molecule has 0 bridgehead atoms. The van der Waals surface area contributed by atoms with Crippen LogP contribution in [0.15, 0.2) is 10.6 Å². The van der Waals surface area contributed by atoms with Gasteiger partial charge >= 0.3 is 138 Å². The summed E-state index contributed by atoms with van der Waals surface area (Å²) in [4.78, 5) is 7.84. The second kappa shape index (κ2) is 6.70. The van der Waals surface area contributed by atoms with Crippen molar-refractivity contribution in [1.29, 1.82) is 0 Å². The van der Waals surface area contributed by atoms with Crippen molar-refractivity contribution in [2.24, 2.45) is 5.92 Å². The Morgan fingerprint density at radius 1 is 0.950 bits per heavy atom. The number of thioether (sulfide) groups is 1. The molecular weight excluding hydrogens is 383 g/mol. The second-order valence-corrected chi connectivity index (χ2v) is 32.6. The van der Waals surface area contributed by atoms with Crippen LogP contribution in [0.25, 0.3) is 0 Å². The molecule has 118 valence electrons. The Kier molecular flexibility index (Phi) is 6.41. The van der Waals surface area contributed by atoms with E-state index >= 15 is 0 Å². The van der Waals surface area contributed by atoms with Crippen LogP contribution in [-0.4, -0.2) is 29.7 Å². The fourth-order valence-corrected chi connectivity index (χ4v) is 25.4. The van der Waals surface area contributed by atoms with Crippen LogP contribution in [0, 0.1) is 5.92 Å². The summed E-state index contributed by atoms with van der Waals surface area (Å²) < 4.78 is 2.82. The van der Waals surface area contributed by atoms with Gasteiger partial charge in [-0.1, -0.05) is 0 Å². The van der Waals surface area contributed by atoms with Crippen LogP contribution in [0.2, 0.25) is 31.4 Å². The predicted octanol–water partition coefficient (Wildman–Crippen LogP) is 6.72. The average Bonchev–Trinajstić information content (AvgIpc) is 2.58. The van der Waals surface area contributed by atoms with E-state index in [1.54, 1.807) is 0 Å². The number of rotatable bonds is 5. The molecular formula is C17H36SSiSn. The number of hydrogen-bond donors (Lipinski definition) is 0. The number of allylic oxidation sites excluding steroid dienone is 1. The molecule has 0 spiro atoms. The molecule has 20 heavy (non-hydrogen) atoms. The summed E-state index contributed by atoms with van der Waals surface area (Å²) in [5.41, 5.74) is 2.55. The van der Waals surface area contributed by atoms with Gasteiger partial charge in [0.05, 0.1) is 0 Å². The first-order valence-corrected chi connectivity index (χ1v) is 21.7. The maximum atomic E-state index is 2.71. The Bertz CT molecular complexity index is 344. The summed E-state index contributed by atoms with van der Waals surface area (Å²) in [6.45, 7) is 17.4. The molecule has 0 aliphatic carbocycles. The van der Waals surface area contributed by atoms with Gasteiger partial charge < -0.3 is 0 Å². The summed E-state index contributed by atoms with van der Waals surface area (Å²) in [6, 6.07) is 0. The molecule has 0 nitrogen and oxygen atoms in total. The van der Waals surface area contributed by atoms with Gasteiger partial charge in [-0.25, -0.2) is 0 Å². The van der Waals surface area contributed by atoms with Gasteiger partial charge in [-0.05, 0) is 0 Å². The van der Waals surface area contributed by atoms with Gasteiger partial charge in [-0.15, -0.1) is 0 Å². The van der Waals surface area contributed by atoms with Gasteiger partial charge in [0.25, 0.3) is 0 Å². The topological polar surface area (TPSA) is 0 Å². The third-order valence-corrected chi connectivity index (χ3v) is 26.7. The van der Waals surface area contributed by atoms with Crippen LogP contribution in [0.5, 0.6) is 0 Å². The molecule has 1 rings (SSSR count). The van der Waals surface area contributed by atoms with Gasteiger partial charge in [0.2, 0.25) is 0 Å².